The van der Waals surface area contributed by atoms with Crippen LogP contribution in [-0.2, 0) is 17.8 Å². The summed E-state index contributed by atoms with van der Waals surface area (Å²) in [7, 11) is 1.64. The first-order valence-electron chi connectivity index (χ1n) is 7.14. The quantitative estimate of drug-likeness (QED) is 0.716. The minimum absolute atomic E-state index is 0.00490. The highest BCUT2D eigenvalue weighted by Crippen LogP contribution is 2.18. The summed E-state index contributed by atoms with van der Waals surface area (Å²) in [5.74, 6) is 0.775. The number of ether oxygens (including phenoxy) is 1. The number of amides is 1. The van der Waals surface area contributed by atoms with Crippen LogP contribution in [0.1, 0.15) is 17.4 Å². The third-order valence-corrected chi connectivity index (χ3v) is 4.68. The number of methoxy groups -OCH3 is 1. The Morgan fingerprint density at radius 3 is 2.59 bits per heavy atom. The summed E-state index contributed by atoms with van der Waals surface area (Å²) in [4.78, 5) is 15.3. The molecule has 0 radical (unpaired) electrons. The van der Waals surface area contributed by atoms with E-state index in [4.69, 9.17) is 16.3 Å². The van der Waals surface area contributed by atoms with E-state index in [1.807, 2.05) is 35.2 Å². The summed E-state index contributed by atoms with van der Waals surface area (Å²) in [6.07, 6.45) is 0.844. The average Bonchev–Trinajstić information content (AvgIpc) is 3.05. The van der Waals surface area contributed by atoms with Crippen LogP contribution in [0.3, 0.4) is 0 Å². The molecule has 1 amide bonds. The van der Waals surface area contributed by atoms with E-state index in [0.29, 0.717) is 6.54 Å². The highest BCUT2D eigenvalue weighted by Gasteiger charge is 2.20. The van der Waals surface area contributed by atoms with Crippen LogP contribution >= 0.6 is 22.9 Å². The Morgan fingerprint density at radius 1 is 1.32 bits per heavy atom. The molecule has 0 saturated heterocycles. The second-order valence-electron chi connectivity index (χ2n) is 5.14. The molecule has 22 heavy (non-hydrogen) atoms. The first-order chi connectivity index (χ1) is 10.6. The van der Waals surface area contributed by atoms with Gasteiger partial charge in [-0.05, 0) is 36.1 Å². The molecule has 0 fully saturated rings. The number of nitrogens with zero attached hydrogens (tertiary/aromatic N) is 1. The van der Waals surface area contributed by atoms with Crippen LogP contribution in [0.5, 0.6) is 5.75 Å². The Balaban J connectivity index is 2.09. The van der Waals surface area contributed by atoms with Crippen molar-refractivity contribution in [2.45, 2.75) is 25.9 Å². The van der Waals surface area contributed by atoms with Gasteiger partial charge in [0, 0.05) is 23.9 Å². The van der Waals surface area contributed by atoms with Crippen molar-refractivity contribution in [1.82, 2.24) is 4.90 Å². The lowest BCUT2D eigenvalue weighted by Gasteiger charge is -2.29. The van der Waals surface area contributed by atoms with Crippen molar-refractivity contribution in [1.29, 1.82) is 0 Å². The molecule has 0 spiro atoms. The Kier molecular flexibility index (Phi) is 6.28. The number of alkyl halides is 1. The number of halogens is 1. The van der Waals surface area contributed by atoms with Gasteiger partial charge in [0.05, 0.1) is 7.11 Å². The maximum absolute atomic E-state index is 12.2. The fourth-order valence-electron chi connectivity index (χ4n) is 2.32. The molecule has 0 aliphatic heterocycles. The number of benzene rings is 1. The highest BCUT2D eigenvalue weighted by molar-refractivity contribution is 7.09. The van der Waals surface area contributed by atoms with Gasteiger partial charge in [0.2, 0.25) is 5.91 Å². The third-order valence-electron chi connectivity index (χ3n) is 3.56. The second kappa shape index (κ2) is 8.20. The minimum Gasteiger partial charge on any atom is -0.497 e. The predicted octanol–water partition coefficient (Wildman–Crippen LogP) is 3.96. The average molecular weight is 338 g/mol. The molecule has 0 N–H and O–H groups in total. The molecular weight excluding hydrogens is 318 g/mol. The number of rotatable bonds is 7. The van der Waals surface area contributed by atoms with Gasteiger partial charge < -0.3 is 9.64 Å². The molecule has 1 heterocycles. The SMILES string of the molecule is COc1ccc(CN(C(=O)CCl)C(C)Cc2cccs2)cc1. The summed E-state index contributed by atoms with van der Waals surface area (Å²) in [6, 6.07) is 12.0. The molecule has 5 heteroatoms. The van der Waals surface area contributed by atoms with Gasteiger partial charge in [-0.25, -0.2) is 0 Å². The second-order valence-corrected chi connectivity index (χ2v) is 6.44. The van der Waals surface area contributed by atoms with E-state index in [0.717, 1.165) is 17.7 Å². The lowest BCUT2D eigenvalue weighted by Crippen LogP contribution is -2.40. The first kappa shape index (κ1) is 16.8. The zero-order chi connectivity index (χ0) is 15.9. The standard InChI is InChI=1S/C17H20ClNO2S/c1-13(10-16-4-3-9-22-16)19(17(20)11-18)12-14-5-7-15(21-2)8-6-14/h3-9,13H,10-12H2,1-2H3. The van der Waals surface area contributed by atoms with Crippen molar-refractivity contribution in [2.75, 3.05) is 13.0 Å². The zero-order valence-corrected chi connectivity index (χ0v) is 14.4. The summed E-state index contributed by atoms with van der Waals surface area (Å²) in [6.45, 7) is 2.62. The summed E-state index contributed by atoms with van der Waals surface area (Å²) in [5.41, 5.74) is 1.07. The van der Waals surface area contributed by atoms with Crippen LogP contribution in [0, 0.1) is 0 Å². The van der Waals surface area contributed by atoms with Gasteiger partial charge in [0.25, 0.3) is 0 Å². The Morgan fingerprint density at radius 2 is 2.05 bits per heavy atom. The van der Waals surface area contributed by atoms with E-state index in [-0.39, 0.29) is 17.8 Å². The monoisotopic (exact) mass is 337 g/mol. The topological polar surface area (TPSA) is 29.5 Å². The number of carbonyl (C=O) groups is 1. The van der Waals surface area contributed by atoms with Crippen LogP contribution in [0.25, 0.3) is 0 Å². The van der Waals surface area contributed by atoms with E-state index in [1.165, 1.54) is 4.88 Å². The number of hydrogen-bond acceptors (Lipinski definition) is 3. The first-order valence-corrected chi connectivity index (χ1v) is 8.56. The molecular formula is C17H20ClNO2S. The van der Waals surface area contributed by atoms with E-state index >= 15 is 0 Å². The molecule has 1 aromatic heterocycles. The molecule has 0 saturated carbocycles. The summed E-state index contributed by atoms with van der Waals surface area (Å²) < 4.78 is 5.16. The molecule has 0 aliphatic carbocycles. The van der Waals surface area contributed by atoms with Gasteiger partial charge in [-0.3, -0.25) is 4.79 Å². The molecule has 0 aliphatic rings. The number of carbonyl (C=O) groups excluding carboxylic acids is 1. The highest BCUT2D eigenvalue weighted by atomic mass is 35.5. The van der Waals surface area contributed by atoms with Gasteiger partial charge in [0.1, 0.15) is 11.6 Å². The normalized spacial score (nSPS) is 12.0. The summed E-state index contributed by atoms with van der Waals surface area (Å²) in [5, 5.41) is 2.05. The Bertz CT molecular complexity index is 583. The van der Waals surface area contributed by atoms with Crippen molar-refractivity contribution in [2.24, 2.45) is 0 Å². The Labute approximate surface area is 140 Å². The molecule has 2 aromatic rings. The van der Waals surface area contributed by atoms with Gasteiger partial charge in [-0.2, -0.15) is 0 Å². The maximum Gasteiger partial charge on any atom is 0.238 e. The number of hydrogen-bond donors (Lipinski definition) is 0. The van der Waals surface area contributed by atoms with Crippen LogP contribution in [0.2, 0.25) is 0 Å². The third kappa shape index (κ3) is 4.49. The van der Waals surface area contributed by atoms with Crippen molar-refractivity contribution in [3.63, 3.8) is 0 Å². The van der Waals surface area contributed by atoms with E-state index < -0.39 is 0 Å². The van der Waals surface area contributed by atoms with Crippen molar-refractivity contribution in [3.8, 4) is 5.75 Å². The van der Waals surface area contributed by atoms with Crippen LogP contribution in [-0.4, -0.2) is 29.8 Å². The van der Waals surface area contributed by atoms with E-state index in [1.54, 1.807) is 18.4 Å². The minimum atomic E-state index is -0.0402. The lowest BCUT2D eigenvalue weighted by atomic mass is 10.1. The lowest BCUT2D eigenvalue weighted by molar-refractivity contribution is -0.131. The fraction of sp³-hybridized carbons (Fsp3) is 0.353. The fourth-order valence-corrected chi connectivity index (χ4v) is 3.30. The smallest absolute Gasteiger partial charge is 0.238 e. The zero-order valence-electron chi connectivity index (χ0n) is 12.8. The largest absolute Gasteiger partial charge is 0.497 e. The molecule has 0 bridgehead atoms. The molecule has 3 nitrogen and oxygen atoms in total. The van der Waals surface area contributed by atoms with Crippen LogP contribution in [0.15, 0.2) is 41.8 Å². The van der Waals surface area contributed by atoms with Crippen molar-refractivity contribution >= 4 is 28.8 Å². The maximum atomic E-state index is 12.2. The van der Waals surface area contributed by atoms with Crippen LogP contribution in [0.4, 0.5) is 0 Å². The molecule has 2 rings (SSSR count). The van der Waals surface area contributed by atoms with Crippen LogP contribution < -0.4 is 4.74 Å². The van der Waals surface area contributed by atoms with Gasteiger partial charge >= 0.3 is 0 Å². The van der Waals surface area contributed by atoms with Gasteiger partial charge in [-0.1, -0.05) is 18.2 Å². The van der Waals surface area contributed by atoms with E-state index in [9.17, 15) is 4.79 Å². The molecule has 1 unspecified atom stereocenters. The van der Waals surface area contributed by atoms with Gasteiger partial charge in [-0.15, -0.1) is 22.9 Å². The van der Waals surface area contributed by atoms with E-state index in [2.05, 4.69) is 18.4 Å². The van der Waals surface area contributed by atoms with Crippen molar-refractivity contribution < 1.29 is 9.53 Å². The molecule has 118 valence electrons. The Hall–Kier alpha value is -1.52. The molecule has 1 aromatic carbocycles. The number of thiophene rings is 1. The predicted molar refractivity (Wildman–Crippen MR) is 91.7 cm³/mol. The van der Waals surface area contributed by atoms with Crippen molar-refractivity contribution in [3.05, 3.63) is 52.2 Å². The van der Waals surface area contributed by atoms with Gasteiger partial charge in [0.15, 0.2) is 0 Å². The molecule has 1 atom stereocenters. The summed E-state index contributed by atoms with van der Waals surface area (Å²) >= 11 is 7.49.